The number of allylic oxidation sites excluding steroid dienone is 5. The fourth-order valence-corrected chi connectivity index (χ4v) is 13.0. The first-order valence-corrected chi connectivity index (χ1v) is 38.2. The van der Waals surface area contributed by atoms with E-state index in [1.54, 1.807) is 6.08 Å². The molecule has 0 radical (unpaired) electrons. The van der Waals surface area contributed by atoms with Crippen LogP contribution in [0.25, 0.3) is 0 Å². The molecule has 0 aromatic rings. The van der Waals surface area contributed by atoms with E-state index in [2.05, 4.69) is 43.5 Å². The van der Waals surface area contributed by atoms with Crippen LogP contribution in [0.3, 0.4) is 0 Å². The van der Waals surface area contributed by atoms with Gasteiger partial charge < -0.3 is 89.9 Å². The van der Waals surface area contributed by atoms with E-state index in [9.17, 15) is 61.0 Å². The zero-order valence-electron chi connectivity index (χ0n) is 58.7. The average Bonchev–Trinajstić information content (AvgIpc) is 0.788. The zero-order chi connectivity index (χ0) is 68.2. The molecule has 0 spiro atoms. The van der Waals surface area contributed by atoms with Crippen LogP contribution < -0.4 is 5.32 Å². The third-order valence-corrected chi connectivity index (χ3v) is 19.2. The quantitative estimate of drug-likeness (QED) is 0.0199. The van der Waals surface area contributed by atoms with Crippen molar-refractivity contribution in [2.75, 3.05) is 26.4 Å². The highest BCUT2D eigenvalue weighted by molar-refractivity contribution is 5.76. The van der Waals surface area contributed by atoms with Crippen molar-refractivity contribution < 1.29 is 89.4 Å². The monoisotopic (exact) mass is 1340 g/mol. The van der Waals surface area contributed by atoms with Crippen LogP contribution in [0.1, 0.15) is 303 Å². The summed E-state index contributed by atoms with van der Waals surface area (Å²) in [5.74, 6) is -0.281. The predicted molar refractivity (Wildman–Crippen MR) is 369 cm³/mol. The summed E-state index contributed by atoms with van der Waals surface area (Å²) in [6.45, 7) is 1.76. The van der Waals surface area contributed by atoms with Crippen LogP contribution in [-0.4, -0.2) is 193 Å². The van der Waals surface area contributed by atoms with Crippen LogP contribution in [0.15, 0.2) is 36.5 Å². The number of nitrogens with one attached hydrogen (secondary N) is 1. The molecule has 0 bridgehead atoms. The molecule has 0 saturated carbocycles. The van der Waals surface area contributed by atoms with Crippen LogP contribution >= 0.6 is 0 Å². The summed E-state index contributed by atoms with van der Waals surface area (Å²) < 4.78 is 34.4. The first-order valence-electron chi connectivity index (χ1n) is 38.2. The van der Waals surface area contributed by atoms with E-state index in [-0.39, 0.29) is 18.9 Å². The number of hydrogen-bond donors (Lipinski definition) is 12. The normalized spacial score (nSPS) is 27.5. The van der Waals surface area contributed by atoms with E-state index < -0.39 is 124 Å². The molecular weight excluding hydrogens is 1200 g/mol. The highest BCUT2D eigenvalue weighted by Crippen LogP contribution is 2.33. The standard InChI is InChI=1S/C75H139NO18/c1-3-5-7-9-11-13-15-17-19-21-23-25-27-29-31-33-35-37-39-41-43-45-47-49-51-53-63(81)76-58(59(80)52-50-48-46-44-42-40-38-36-34-32-30-28-26-24-22-20-18-16-14-12-10-8-6-4-2)57-89-73-69(87)66(84)71(61(55-78)91-73)94-75-70(88)67(85)72(62(56-79)92-75)93-74-68(86)65(83)64(82)60(54-77)90-74/h21,23,42,44,50,52,58-62,64-75,77-80,82-88H,3-20,22,24-41,43,45-49,51,53-57H2,1-2H3,(H,76,81)/b23-21-,44-42+,52-50+. The summed E-state index contributed by atoms with van der Waals surface area (Å²) >= 11 is 0. The lowest BCUT2D eigenvalue weighted by atomic mass is 9.96. The second-order valence-electron chi connectivity index (χ2n) is 27.5. The Hall–Kier alpha value is -1.99. The molecule has 17 unspecified atom stereocenters. The number of aliphatic hydroxyl groups is 11. The number of carbonyl (C=O) groups is 1. The van der Waals surface area contributed by atoms with E-state index in [4.69, 9.17) is 28.4 Å². The summed E-state index contributed by atoms with van der Waals surface area (Å²) in [7, 11) is 0. The van der Waals surface area contributed by atoms with E-state index in [0.717, 1.165) is 38.5 Å². The van der Waals surface area contributed by atoms with Gasteiger partial charge in [-0.25, -0.2) is 0 Å². The smallest absolute Gasteiger partial charge is 0.220 e. The molecule has 3 aliphatic rings. The Bertz CT molecular complexity index is 1840. The largest absolute Gasteiger partial charge is 0.394 e. The molecule has 3 aliphatic heterocycles. The zero-order valence-corrected chi connectivity index (χ0v) is 58.7. The minimum absolute atomic E-state index is 0.237. The van der Waals surface area contributed by atoms with Crippen molar-refractivity contribution in [1.82, 2.24) is 5.32 Å². The highest BCUT2D eigenvalue weighted by Gasteiger charge is 2.53. The van der Waals surface area contributed by atoms with Gasteiger partial charge in [0.1, 0.15) is 73.2 Å². The van der Waals surface area contributed by atoms with Crippen molar-refractivity contribution in [2.24, 2.45) is 0 Å². The Morgan fingerprint density at radius 1 is 0.372 bits per heavy atom. The van der Waals surface area contributed by atoms with E-state index in [0.29, 0.717) is 12.8 Å². The summed E-state index contributed by atoms with van der Waals surface area (Å²) in [4.78, 5) is 13.4. The van der Waals surface area contributed by atoms with Crippen molar-refractivity contribution in [1.29, 1.82) is 0 Å². The average molecular weight is 1340 g/mol. The third-order valence-electron chi connectivity index (χ3n) is 19.2. The Balaban J connectivity index is 1.42. The van der Waals surface area contributed by atoms with Gasteiger partial charge in [0, 0.05) is 6.42 Å². The number of unbranched alkanes of at least 4 members (excludes halogenated alkanes) is 40. The van der Waals surface area contributed by atoms with Gasteiger partial charge >= 0.3 is 0 Å². The number of carbonyl (C=O) groups excluding carboxylic acids is 1. The van der Waals surface area contributed by atoms with Gasteiger partial charge in [-0.3, -0.25) is 4.79 Å². The Morgan fingerprint density at radius 3 is 1.06 bits per heavy atom. The van der Waals surface area contributed by atoms with Crippen molar-refractivity contribution in [3.63, 3.8) is 0 Å². The summed E-state index contributed by atoms with van der Waals surface area (Å²) in [5.41, 5.74) is 0. The maximum absolute atomic E-state index is 13.4. The van der Waals surface area contributed by atoms with Gasteiger partial charge in [0.25, 0.3) is 0 Å². The van der Waals surface area contributed by atoms with Gasteiger partial charge in [-0.1, -0.05) is 275 Å². The second kappa shape index (κ2) is 56.7. The lowest BCUT2D eigenvalue weighted by Crippen LogP contribution is -2.66. The number of hydrogen-bond acceptors (Lipinski definition) is 18. The first kappa shape index (κ1) is 86.2. The Kier molecular flexibility index (Phi) is 52.0. The summed E-state index contributed by atoms with van der Waals surface area (Å²) in [5, 5.41) is 121. The molecule has 17 atom stereocenters. The van der Waals surface area contributed by atoms with Crippen molar-refractivity contribution in [3.8, 4) is 0 Å². The van der Waals surface area contributed by atoms with Gasteiger partial charge in [0.05, 0.1) is 38.6 Å². The van der Waals surface area contributed by atoms with Gasteiger partial charge in [-0.2, -0.15) is 0 Å². The molecule has 0 aliphatic carbocycles. The van der Waals surface area contributed by atoms with Crippen LogP contribution in [0.2, 0.25) is 0 Å². The molecule has 3 saturated heterocycles. The molecule has 1 amide bonds. The molecule has 19 nitrogen and oxygen atoms in total. The van der Waals surface area contributed by atoms with Gasteiger partial charge in [-0.15, -0.1) is 0 Å². The number of rotatable bonds is 60. The van der Waals surface area contributed by atoms with E-state index >= 15 is 0 Å². The Morgan fingerprint density at radius 2 is 0.681 bits per heavy atom. The lowest BCUT2D eigenvalue weighted by molar-refractivity contribution is -0.379. The minimum atomic E-state index is -1.98. The minimum Gasteiger partial charge on any atom is -0.394 e. The SMILES string of the molecule is CCCCCCCCCC/C=C\CCCCCCCCCCCCCCCC(=O)NC(COC1OC(CO)C(OC2OC(CO)C(OC3OC(CO)C(O)C(O)C3O)C(O)C2O)C(O)C1O)C(O)/C=C/CC/C=C/CCCCCCCCCCCCCCCCCCCC. The van der Waals surface area contributed by atoms with Gasteiger partial charge in [0.15, 0.2) is 18.9 Å². The topological polar surface area (TPSA) is 307 Å². The van der Waals surface area contributed by atoms with Crippen molar-refractivity contribution >= 4 is 5.91 Å². The molecule has 12 N–H and O–H groups in total. The molecule has 3 fully saturated rings. The fraction of sp³-hybridized carbons (Fsp3) is 0.907. The Labute approximate surface area is 568 Å². The molecule has 0 aromatic carbocycles. The van der Waals surface area contributed by atoms with E-state index in [1.165, 1.54) is 231 Å². The van der Waals surface area contributed by atoms with Crippen molar-refractivity contribution in [2.45, 2.75) is 407 Å². The molecule has 552 valence electrons. The van der Waals surface area contributed by atoms with Crippen LogP contribution in [0.5, 0.6) is 0 Å². The predicted octanol–water partition coefficient (Wildman–Crippen LogP) is 11.6. The number of aliphatic hydroxyl groups excluding tert-OH is 11. The maximum Gasteiger partial charge on any atom is 0.220 e. The maximum atomic E-state index is 13.4. The number of amides is 1. The summed E-state index contributed by atoms with van der Waals surface area (Å²) in [6.07, 6.45) is 41.3. The lowest BCUT2D eigenvalue weighted by Gasteiger charge is -2.48. The third kappa shape index (κ3) is 37.4. The van der Waals surface area contributed by atoms with Crippen LogP contribution in [0.4, 0.5) is 0 Å². The molecule has 3 rings (SSSR count). The first-order chi connectivity index (χ1) is 45.8. The molecule has 0 aromatic heterocycles. The van der Waals surface area contributed by atoms with Crippen LogP contribution in [-0.2, 0) is 33.2 Å². The summed E-state index contributed by atoms with van der Waals surface area (Å²) in [6, 6.07) is -0.990. The fourth-order valence-electron chi connectivity index (χ4n) is 13.0. The van der Waals surface area contributed by atoms with Crippen molar-refractivity contribution in [3.05, 3.63) is 36.5 Å². The van der Waals surface area contributed by atoms with Gasteiger partial charge in [-0.05, 0) is 57.8 Å². The molecule has 19 heteroatoms. The molecular formula is C75H139NO18. The van der Waals surface area contributed by atoms with Crippen LogP contribution in [0, 0.1) is 0 Å². The van der Waals surface area contributed by atoms with Gasteiger partial charge in [0.2, 0.25) is 5.91 Å². The number of ether oxygens (including phenoxy) is 6. The highest BCUT2D eigenvalue weighted by atomic mass is 16.8. The molecule has 3 heterocycles. The second-order valence-corrected chi connectivity index (χ2v) is 27.5. The van der Waals surface area contributed by atoms with E-state index in [1.807, 2.05) is 6.08 Å². The molecule has 94 heavy (non-hydrogen) atoms.